The fraction of sp³-hybridized carbons (Fsp3) is 0.294. The summed E-state index contributed by atoms with van der Waals surface area (Å²) < 4.78 is 11.1. The summed E-state index contributed by atoms with van der Waals surface area (Å²) >= 11 is 5.83. The van der Waals surface area contributed by atoms with Gasteiger partial charge < -0.3 is 9.15 Å². The Bertz CT molecular complexity index is 770. The van der Waals surface area contributed by atoms with Crippen molar-refractivity contribution in [3.8, 4) is 11.8 Å². The number of nitrogens with zero attached hydrogens (tertiary/aromatic N) is 1. The van der Waals surface area contributed by atoms with Gasteiger partial charge in [-0.2, -0.15) is 5.26 Å². The van der Waals surface area contributed by atoms with Gasteiger partial charge in [-0.1, -0.05) is 11.6 Å². The van der Waals surface area contributed by atoms with Crippen LogP contribution in [0, 0.1) is 25.2 Å². The second-order valence-electron chi connectivity index (χ2n) is 5.62. The highest BCUT2D eigenvalue weighted by Crippen LogP contribution is 2.27. The summed E-state index contributed by atoms with van der Waals surface area (Å²) in [4.78, 5) is 12.5. The van der Waals surface area contributed by atoms with Crippen LogP contribution < -0.4 is 10.1 Å². The molecule has 1 heterocycles. The first kappa shape index (κ1) is 16.9. The van der Waals surface area contributed by atoms with Gasteiger partial charge in [-0.05, 0) is 52.0 Å². The number of carbonyl (C=O) groups is 1. The molecule has 2 aromatic rings. The maximum atomic E-state index is 12.5. The van der Waals surface area contributed by atoms with E-state index < -0.39 is 11.5 Å². The number of carbonyl (C=O) groups excluding carboxylic acids is 1. The summed E-state index contributed by atoms with van der Waals surface area (Å²) in [5.74, 6) is 0.827. The van der Waals surface area contributed by atoms with E-state index in [1.807, 2.05) is 6.07 Å². The minimum atomic E-state index is -1.16. The normalized spacial score (nSPS) is 11.0. The molecule has 1 N–H and O–H groups in total. The van der Waals surface area contributed by atoms with Gasteiger partial charge in [0.05, 0.1) is 0 Å². The summed E-state index contributed by atoms with van der Waals surface area (Å²) in [7, 11) is 0. The zero-order chi connectivity index (χ0) is 17.2. The number of aryl methyl sites for hydroxylation is 1. The SMILES string of the molecule is Cc1oc(NC(=O)C(C)(C)Oc2ccc(Cl)cc2)c(C#N)c1C. The number of amides is 1. The number of furan rings is 1. The van der Waals surface area contributed by atoms with E-state index in [4.69, 9.17) is 20.8 Å². The van der Waals surface area contributed by atoms with Crippen molar-refractivity contribution in [2.75, 3.05) is 5.32 Å². The van der Waals surface area contributed by atoms with Crippen LogP contribution in [0.15, 0.2) is 28.7 Å². The van der Waals surface area contributed by atoms with Crippen LogP contribution in [-0.4, -0.2) is 11.5 Å². The standard InChI is InChI=1S/C17H17ClN2O3/c1-10-11(2)22-15(14(10)9-19)20-16(21)17(3,4)23-13-7-5-12(18)6-8-13/h5-8H,1-4H3,(H,20,21). The van der Waals surface area contributed by atoms with E-state index >= 15 is 0 Å². The second-order valence-corrected chi connectivity index (χ2v) is 6.06. The molecule has 0 atom stereocenters. The Balaban J connectivity index is 2.17. The van der Waals surface area contributed by atoms with Crippen LogP contribution in [-0.2, 0) is 4.79 Å². The van der Waals surface area contributed by atoms with Crippen molar-refractivity contribution >= 4 is 23.4 Å². The lowest BCUT2D eigenvalue weighted by molar-refractivity contribution is -0.128. The molecule has 0 aliphatic rings. The quantitative estimate of drug-likeness (QED) is 0.909. The molecular formula is C17H17ClN2O3. The van der Waals surface area contributed by atoms with Crippen molar-refractivity contribution in [3.05, 3.63) is 46.2 Å². The van der Waals surface area contributed by atoms with Gasteiger partial charge >= 0.3 is 0 Å². The maximum Gasteiger partial charge on any atom is 0.270 e. The number of rotatable bonds is 4. The van der Waals surface area contributed by atoms with E-state index in [-0.39, 0.29) is 5.88 Å². The van der Waals surface area contributed by atoms with Crippen molar-refractivity contribution in [3.63, 3.8) is 0 Å². The molecule has 6 heteroatoms. The van der Waals surface area contributed by atoms with Crippen LogP contribution in [0.2, 0.25) is 5.02 Å². The fourth-order valence-corrected chi connectivity index (χ4v) is 2.07. The van der Waals surface area contributed by atoms with E-state index in [1.54, 1.807) is 52.0 Å². The Labute approximate surface area is 139 Å². The van der Waals surface area contributed by atoms with Gasteiger partial charge in [0.15, 0.2) is 5.60 Å². The summed E-state index contributed by atoms with van der Waals surface area (Å²) in [6.45, 7) is 6.76. The molecule has 0 spiro atoms. The highest BCUT2D eigenvalue weighted by molar-refractivity contribution is 6.30. The molecular weight excluding hydrogens is 316 g/mol. The van der Waals surface area contributed by atoms with Gasteiger partial charge in [-0.15, -0.1) is 0 Å². The lowest BCUT2D eigenvalue weighted by Crippen LogP contribution is -2.42. The predicted octanol–water partition coefficient (Wildman–Crippen LogP) is 4.22. The second kappa shape index (κ2) is 6.35. The zero-order valence-electron chi connectivity index (χ0n) is 13.4. The van der Waals surface area contributed by atoms with E-state index in [1.165, 1.54) is 0 Å². The van der Waals surface area contributed by atoms with Gasteiger partial charge in [-0.25, -0.2) is 0 Å². The molecule has 120 valence electrons. The first-order valence-electron chi connectivity index (χ1n) is 7.00. The van der Waals surface area contributed by atoms with E-state index in [0.717, 1.165) is 0 Å². The molecule has 0 aliphatic carbocycles. The molecule has 0 saturated heterocycles. The summed E-state index contributed by atoms with van der Waals surface area (Å²) in [6, 6.07) is 8.75. The molecule has 0 aliphatic heterocycles. The third-order valence-electron chi connectivity index (χ3n) is 3.46. The first-order valence-corrected chi connectivity index (χ1v) is 7.38. The Morgan fingerprint density at radius 3 is 2.48 bits per heavy atom. The Hall–Kier alpha value is -2.45. The monoisotopic (exact) mass is 332 g/mol. The first-order chi connectivity index (χ1) is 10.7. The number of halogens is 1. The summed E-state index contributed by atoms with van der Waals surface area (Å²) in [6.07, 6.45) is 0. The fourth-order valence-electron chi connectivity index (χ4n) is 1.95. The topological polar surface area (TPSA) is 75.3 Å². The van der Waals surface area contributed by atoms with Crippen LogP contribution in [0.25, 0.3) is 0 Å². The summed E-state index contributed by atoms with van der Waals surface area (Å²) in [5.41, 5.74) is -0.132. The number of hydrogen-bond acceptors (Lipinski definition) is 4. The maximum absolute atomic E-state index is 12.5. The average Bonchev–Trinajstić information content (AvgIpc) is 2.75. The Kier molecular flexibility index (Phi) is 4.67. The Morgan fingerprint density at radius 2 is 1.91 bits per heavy atom. The summed E-state index contributed by atoms with van der Waals surface area (Å²) in [5, 5.41) is 12.4. The van der Waals surface area contributed by atoms with Crippen molar-refractivity contribution < 1.29 is 13.9 Å². The van der Waals surface area contributed by atoms with E-state index in [0.29, 0.717) is 27.7 Å². The van der Waals surface area contributed by atoms with Crippen LogP contribution in [0.4, 0.5) is 5.88 Å². The third kappa shape index (κ3) is 3.66. The lowest BCUT2D eigenvalue weighted by atomic mass is 10.1. The molecule has 0 fully saturated rings. The minimum Gasteiger partial charge on any atom is -0.478 e. The molecule has 1 aromatic heterocycles. The number of nitrogens with one attached hydrogen (secondary N) is 1. The molecule has 0 unspecified atom stereocenters. The molecule has 5 nitrogen and oxygen atoms in total. The number of benzene rings is 1. The number of ether oxygens (including phenoxy) is 1. The van der Waals surface area contributed by atoms with Crippen LogP contribution in [0.3, 0.4) is 0 Å². The smallest absolute Gasteiger partial charge is 0.270 e. The average molecular weight is 333 g/mol. The molecule has 2 rings (SSSR count). The van der Waals surface area contributed by atoms with E-state index in [9.17, 15) is 10.1 Å². The van der Waals surface area contributed by atoms with Crippen molar-refractivity contribution in [2.24, 2.45) is 0 Å². The predicted molar refractivity (Wildman–Crippen MR) is 87.7 cm³/mol. The van der Waals surface area contributed by atoms with Crippen LogP contribution >= 0.6 is 11.6 Å². The van der Waals surface area contributed by atoms with Crippen molar-refractivity contribution in [1.29, 1.82) is 5.26 Å². The molecule has 1 amide bonds. The molecule has 23 heavy (non-hydrogen) atoms. The minimum absolute atomic E-state index is 0.139. The van der Waals surface area contributed by atoms with Gasteiger partial charge in [0.1, 0.15) is 23.1 Å². The highest BCUT2D eigenvalue weighted by atomic mass is 35.5. The van der Waals surface area contributed by atoms with Gasteiger partial charge in [0.25, 0.3) is 5.91 Å². The lowest BCUT2D eigenvalue weighted by Gasteiger charge is -2.24. The highest BCUT2D eigenvalue weighted by Gasteiger charge is 2.32. The molecule has 0 radical (unpaired) electrons. The van der Waals surface area contributed by atoms with Gasteiger partial charge in [-0.3, -0.25) is 10.1 Å². The number of nitriles is 1. The Morgan fingerprint density at radius 1 is 1.30 bits per heavy atom. The van der Waals surface area contributed by atoms with Crippen LogP contribution in [0.1, 0.15) is 30.7 Å². The van der Waals surface area contributed by atoms with Crippen molar-refractivity contribution in [1.82, 2.24) is 0 Å². The molecule has 1 aromatic carbocycles. The third-order valence-corrected chi connectivity index (χ3v) is 3.71. The molecule has 0 bridgehead atoms. The van der Waals surface area contributed by atoms with Crippen LogP contribution in [0.5, 0.6) is 5.75 Å². The van der Waals surface area contributed by atoms with Gasteiger partial charge in [0, 0.05) is 10.6 Å². The van der Waals surface area contributed by atoms with Crippen molar-refractivity contribution in [2.45, 2.75) is 33.3 Å². The van der Waals surface area contributed by atoms with Gasteiger partial charge in [0.2, 0.25) is 5.88 Å². The zero-order valence-corrected chi connectivity index (χ0v) is 14.1. The number of hydrogen-bond donors (Lipinski definition) is 1. The van der Waals surface area contributed by atoms with E-state index in [2.05, 4.69) is 5.32 Å². The molecule has 0 saturated carbocycles. The number of anilines is 1. The largest absolute Gasteiger partial charge is 0.478 e.